The highest BCUT2D eigenvalue weighted by atomic mass is 35.5. The first-order valence-corrected chi connectivity index (χ1v) is 14.1. The fraction of sp³-hybridized carbons (Fsp3) is 0.174. The smallest absolute Gasteiger partial charge is 0.416 e. The Hall–Kier alpha value is -3.01. The van der Waals surface area contributed by atoms with Crippen LogP contribution in [0, 0.1) is 10.1 Å². The molecular weight excluding hydrogens is 542 g/mol. The van der Waals surface area contributed by atoms with Crippen molar-refractivity contribution in [1.82, 2.24) is 0 Å². The number of carbonyl (C=O) groups is 1. The number of hydrogen-bond donors (Lipinski definition) is 0. The summed E-state index contributed by atoms with van der Waals surface area (Å²) in [4.78, 5) is 23.1. The lowest BCUT2D eigenvalue weighted by atomic mass is 10.2. The predicted octanol–water partition coefficient (Wildman–Crippen LogP) is 7.53. The Morgan fingerprint density at radius 1 is 1.11 bits per heavy atom. The molecule has 13 heteroatoms. The summed E-state index contributed by atoms with van der Waals surface area (Å²) in [6.07, 6.45) is -8.14. The van der Waals surface area contributed by atoms with Crippen LogP contribution in [-0.2, 0) is 15.5 Å². The van der Waals surface area contributed by atoms with Gasteiger partial charge in [0, 0.05) is 12.2 Å². The SMILES string of the molecule is CCP(=O)(SCOC(=O)c1ccccc1)c1cc(Oc2ccc(C(F)(F)F)cc2Cl)ccc1[N+](=O)[O-]. The van der Waals surface area contributed by atoms with E-state index >= 15 is 0 Å². The lowest BCUT2D eigenvalue weighted by Crippen LogP contribution is -2.12. The summed E-state index contributed by atoms with van der Waals surface area (Å²) >= 11 is 6.69. The van der Waals surface area contributed by atoms with E-state index in [0.29, 0.717) is 11.6 Å². The van der Waals surface area contributed by atoms with Gasteiger partial charge in [0.15, 0.2) is 6.34 Å². The number of nitro groups is 1. The zero-order valence-electron chi connectivity index (χ0n) is 18.5. The predicted molar refractivity (Wildman–Crippen MR) is 132 cm³/mol. The van der Waals surface area contributed by atoms with Gasteiger partial charge in [0.05, 0.1) is 21.1 Å². The molecule has 0 aliphatic heterocycles. The van der Waals surface area contributed by atoms with Crippen molar-refractivity contribution in [3.63, 3.8) is 0 Å². The molecule has 0 aromatic heterocycles. The number of hydrogen-bond acceptors (Lipinski definition) is 7. The highest BCUT2D eigenvalue weighted by Gasteiger charge is 2.33. The summed E-state index contributed by atoms with van der Waals surface area (Å²) in [5.41, 5.74) is -1.12. The van der Waals surface area contributed by atoms with Gasteiger partial charge in [-0.15, -0.1) is 0 Å². The third-order valence-corrected chi connectivity index (χ3v) is 10.7. The third kappa shape index (κ3) is 6.60. The van der Waals surface area contributed by atoms with Gasteiger partial charge in [-0.2, -0.15) is 13.2 Å². The topological polar surface area (TPSA) is 95.7 Å². The molecule has 0 spiro atoms. The summed E-state index contributed by atoms with van der Waals surface area (Å²) in [5, 5.41) is 11.2. The first kappa shape index (κ1) is 27.6. The molecule has 3 rings (SSSR count). The van der Waals surface area contributed by atoms with Crippen LogP contribution in [0.3, 0.4) is 0 Å². The second-order valence-electron chi connectivity index (χ2n) is 7.19. The maximum absolute atomic E-state index is 13.7. The Morgan fingerprint density at radius 3 is 2.39 bits per heavy atom. The van der Waals surface area contributed by atoms with Gasteiger partial charge in [-0.05, 0) is 42.5 Å². The summed E-state index contributed by atoms with van der Waals surface area (Å²) in [7, 11) is 0. The van der Waals surface area contributed by atoms with E-state index in [1.165, 1.54) is 12.1 Å². The lowest BCUT2D eigenvalue weighted by molar-refractivity contribution is -0.383. The van der Waals surface area contributed by atoms with Crippen LogP contribution in [0.4, 0.5) is 18.9 Å². The van der Waals surface area contributed by atoms with Crippen LogP contribution in [0.2, 0.25) is 5.02 Å². The minimum absolute atomic E-state index is 0.00805. The highest BCUT2D eigenvalue weighted by molar-refractivity contribution is 8.60. The summed E-state index contributed by atoms with van der Waals surface area (Å²) in [6, 6.07) is 14.1. The van der Waals surface area contributed by atoms with E-state index in [0.717, 1.165) is 29.6 Å². The average Bonchev–Trinajstić information content (AvgIpc) is 2.84. The molecular formula is C23H18ClF3NO6PS. The van der Waals surface area contributed by atoms with Crippen molar-refractivity contribution in [2.75, 3.05) is 12.1 Å². The van der Waals surface area contributed by atoms with Crippen molar-refractivity contribution in [3.05, 3.63) is 93.0 Å². The summed E-state index contributed by atoms with van der Waals surface area (Å²) < 4.78 is 63.1. The van der Waals surface area contributed by atoms with Crippen molar-refractivity contribution in [2.24, 2.45) is 0 Å². The monoisotopic (exact) mass is 559 g/mol. The average molecular weight is 560 g/mol. The largest absolute Gasteiger partial charge is 0.456 e. The van der Waals surface area contributed by atoms with Gasteiger partial charge in [-0.3, -0.25) is 10.1 Å². The molecule has 0 bridgehead atoms. The molecule has 0 fully saturated rings. The maximum Gasteiger partial charge on any atom is 0.416 e. The fourth-order valence-corrected chi connectivity index (χ4v) is 7.15. The van der Waals surface area contributed by atoms with E-state index in [1.807, 2.05) is 0 Å². The molecule has 0 heterocycles. The number of carbonyl (C=O) groups excluding carboxylic acids is 1. The molecule has 0 saturated heterocycles. The van der Waals surface area contributed by atoms with Crippen LogP contribution >= 0.6 is 29.3 Å². The van der Waals surface area contributed by atoms with Gasteiger partial charge < -0.3 is 14.0 Å². The Kier molecular flexibility index (Phi) is 8.71. The quantitative estimate of drug-likeness (QED) is 0.0878. The number of halogens is 4. The summed E-state index contributed by atoms with van der Waals surface area (Å²) in [6.45, 7) is 1.57. The lowest BCUT2D eigenvalue weighted by Gasteiger charge is -2.18. The molecule has 0 N–H and O–H groups in total. The van der Waals surface area contributed by atoms with Gasteiger partial charge in [0.1, 0.15) is 22.7 Å². The Morgan fingerprint density at radius 2 is 1.81 bits per heavy atom. The Labute approximate surface area is 212 Å². The van der Waals surface area contributed by atoms with Crippen LogP contribution in [-0.4, -0.2) is 23.0 Å². The first-order chi connectivity index (χ1) is 16.9. The van der Waals surface area contributed by atoms with Crippen LogP contribution in [0.25, 0.3) is 0 Å². The van der Waals surface area contributed by atoms with Gasteiger partial charge in [-0.25, -0.2) is 4.79 Å². The van der Waals surface area contributed by atoms with E-state index in [4.69, 9.17) is 21.1 Å². The molecule has 1 atom stereocenters. The van der Waals surface area contributed by atoms with Crippen molar-refractivity contribution in [2.45, 2.75) is 13.1 Å². The number of ether oxygens (including phenoxy) is 2. The molecule has 0 aliphatic carbocycles. The number of nitrogens with zero attached hydrogens (tertiary/aromatic N) is 1. The Bertz CT molecular complexity index is 1320. The molecule has 7 nitrogen and oxygen atoms in total. The Balaban J connectivity index is 1.86. The van der Waals surface area contributed by atoms with Crippen molar-refractivity contribution in [3.8, 4) is 11.5 Å². The summed E-state index contributed by atoms with van der Waals surface area (Å²) in [5.74, 6) is -1.12. The second-order valence-corrected chi connectivity index (χ2v) is 13.1. The van der Waals surface area contributed by atoms with E-state index in [1.54, 1.807) is 37.3 Å². The van der Waals surface area contributed by atoms with Crippen LogP contribution in [0.5, 0.6) is 11.5 Å². The maximum atomic E-state index is 13.7. The third-order valence-electron chi connectivity index (χ3n) is 4.87. The van der Waals surface area contributed by atoms with Crippen LogP contribution in [0.1, 0.15) is 22.8 Å². The van der Waals surface area contributed by atoms with E-state index < -0.39 is 34.7 Å². The first-order valence-electron chi connectivity index (χ1n) is 10.2. The van der Waals surface area contributed by atoms with Crippen LogP contribution in [0.15, 0.2) is 66.7 Å². The number of rotatable bonds is 9. The van der Waals surface area contributed by atoms with Crippen molar-refractivity contribution in [1.29, 1.82) is 0 Å². The number of esters is 1. The van der Waals surface area contributed by atoms with Gasteiger partial charge >= 0.3 is 12.1 Å². The molecule has 190 valence electrons. The van der Waals surface area contributed by atoms with Crippen molar-refractivity contribution >= 4 is 46.3 Å². The molecule has 0 aliphatic rings. The van der Waals surface area contributed by atoms with Crippen molar-refractivity contribution < 1.29 is 36.9 Å². The zero-order chi connectivity index (χ0) is 26.5. The minimum atomic E-state index is -4.60. The standard InChI is InChI=1S/C23H18ClF3NO6PS/c1-2-35(32,36-14-33-22(29)15-6-4-3-5-7-15)21-13-17(9-10-19(21)28(30)31)34-20-11-8-16(12-18(20)24)23(25,26)27/h3-13H,2,14H2,1H3. The number of nitro benzene ring substituents is 1. The normalized spacial score (nSPS) is 13.0. The number of benzene rings is 3. The van der Waals surface area contributed by atoms with Gasteiger partial charge in [0.2, 0.25) is 0 Å². The molecule has 3 aromatic carbocycles. The van der Waals surface area contributed by atoms with E-state index in [-0.39, 0.29) is 33.9 Å². The molecule has 3 aromatic rings. The highest BCUT2D eigenvalue weighted by Crippen LogP contribution is 2.59. The van der Waals surface area contributed by atoms with E-state index in [9.17, 15) is 32.6 Å². The number of alkyl halides is 3. The second kappa shape index (κ2) is 11.4. The van der Waals surface area contributed by atoms with Gasteiger partial charge in [0.25, 0.3) is 5.69 Å². The van der Waals surface area contributed by atoms with Crippen LogP contribution < -0.4 is 10.0 Å². The minimum Gasteiger partial charge on any atom is -0.456 e. The molecule has 0 radical (unpaired) electrons. The van der Waals surface area contributed by atoms with Gasteiger partial charge in [-0.1, -0.05) is 48.1 Å². The molecule has 0 amide bonds. The molecule has 0 saturated carbocycles. The fourth-order valence-electron chi connectivity index (χ4n) is 3.03. The molecule has 1 unspecified atom stereocenters. The van der Waals surface area contributed by atoms with E-state index in [2.05, 4.69) is 0 Å². The zero-order valence-corrected chi connectivity index (χ0v) is 21.0. The molecule has 36 heavy (non-hydrogen) atoms.